The molecule has 0 saturated carbocycles. The summed E-state index contributed by atoms with van der Waals surface area (Å²) in [6.45, 7) is 0.0960. The molecule has 0 bridgehead atoms. The second kappa shape index (κ2) is 7.27. The van der Waals surface area contributed by atoms with Gasteiger partial charge in [0.25, 0.3) is 5.91 Å². The van der Waals surface area contributed by atoms with Crippen molar-refractivity contribution in [3.63, 3.8) is 0 Å². The minimum Gasteiger partial charge on any atom is -0.497 e. The van der Waals surface area contributed by atoms with E-state index < -0.39 is 0 Å². The van der Waals surface area contributed by atoms with Crippen molar-refractivity contribution < 1.29 is 14.1 Å². The number of benzene rings is 2. The third-order valence-corrected chi connectivity index (χ3v) is 3.47. The zero-order chi connectivity index (χ0) is 17.6. The summed E-state index contributed by atoms with van der Waals surface area (Å²) in [5.74, 6) is 1.13. The lowest BCUT2D eigenvalue weighted by molar-refractivity contribution is 0.0946. The van der Waals surface area contributed by atoms with Crippen LogP contribution < -0.4 is 10.1 Å². The van der Waals surface area contributed by atoms with Crippen molar-refractivity contribution >= 4 is 5.91 Å². The summed E-state index contributed by atoms with van der Waals surface area (Å²) in [4.78, 5) is 16.4. The fourth-order valence-electron chi connectivity index (χ4n) is 2.17. The average molecular weight is 334 g/mol. The maximum absolute atomic E-state index is 12.1. The average Bonchev–Trinajstić information content (AvgIpc) is 3.15. The molecule has 0 aliphatic rings. The Morgan fingerprint density at radius 1 is 1.28 bits per heavy atom. The molecule has 1 N–H and O–H groups in total. The highest BCUT2D eigenvalue weighted by Crippen LogP contribution is 2.19. The van der Waals surface area contributed by atoms with E-state index in [2.05, 4.69) is 15.5 Å². The van der Waals surface area contributed by atoms with E-state index in [1.807, 2.05) is 18.2 Å². The molecule has 3 aromatic rings. The highest BCUT2D eigenvalue weighted by Gasteiger charge is 2.11. The molecule has 3 rings (SSSR count). The maximum atomic E-state index is 12.1. The molecule has 7 heteroatoms. The SMILES string of the molecule is COc1ccc(-c2noc(CNC(=O)c3cccc(C#N)c3)n2)cc1. The highest BCUT2D eigenvalue weighted by molar-refractivity contribution is 5.94. The quantitative estimate of drug-likeness (QED) is 0.769. The van der Waals surface area contributed by atoms with Crippen LogP contribution in [0.3, 0.4) is 0 Å². The number of ether oxygens (including phenoxy) is 1. The fraction of sp³-hybridized carbons (Fsp3) is 0.111. The number of hydrogen-bond acceptors (Lipinski definition) is 6. The summed E-state index contributed by atoms with van der Waals surface area (Å²) in [5.41, 5.74) is 1.60. The number of hydrogen-bond donors (Lipinski definition) is 1. The normalized spacial score (nSPS) is 10.1. The van der Waals surface area contributed by atoms with Crippen molar-refractivity contribution in [1.29, 1.82) is 5.26 Å². The van der Waals surface area contributed by atoms with Gasteiger partial charge in [-0.3, -0.25) is 4.79 Å². The number of amides is 1. The smallest absolute Gasteiger partial charge is 0.251 e. The molecule has 124 valence electrons. The van der Waals surface area contributed by atoms with Gasteiger partial charge in [0, 0.05) is 11.1 Å². The van der Waals surface area contributed by atoms with Crippen LogP contribution in [0.2, 0.25) is 0 Å². The summed E-state index contributed by atoms with van der Waals surface area (Å²) >= 11 is 0. The number of aromatic nitrogens is 2. The lowest BCUT2D eigenvalue weighted by Crippen LogP contribution is -2.23. The van der Waals surface area contributed by atoms with Gasteiger partial charge in [0.1, 0.15) is 5.75 Å². The predicted octanol–water partition coefficient (Wildman–Crippen LogP) is 2.55. The topological polar surface area (TPSA) is 101 Å². The van der Waals surface area contributed by atoms with E-state index in [0.717, 1.165) is 11.3 Å². The lowest BCUT2D eigenvalue weighted by Gasteiger charge is -2.02. The second-order valence-electron chi connectivity index (χ2n) is 5.12. The molecule has 0 aliphatic heterocycles. The third-order valence-electron chi connectivity index (χ3n) is 3.47. The Kier molecular flexibility index (Phi) is 4.72. The number of carbonyl (C=O) groups is 1. The first-order valence-corrected chi connectivity index (χ1v) is 7.45. The van der Waals surface area contributed by atoms with Crippen LogP contribution in [-0.4, -0.2) is 23.2 Å². The second-order valence-corrected chi connectivity index (χ2v) is 5.12. The van der Waals surface area contributed by atoms with Crippen molar-refractivity contribution in [2.24, 2.45) is 0 Å². The van der Waals surface area contributed by atoms with Crippen LogP contribution in [-0.2, 0) is 6.54 Å². The molecule has 0 aliphatic carbocycles. The largest absolute Gasteiger partial charge is 0.497 e. The van der Waals surface area contributed by atoms with E-state index >= 15 is 0 Å². The van der Waals surface area contributed by atoms with Crippen LogP contribution in [0.1, 0.15) is 21.8 Å². The zero-order valence-electron chi connectivity index (χ0n) is 13.4. The van der Waals surface area contributed by atoms with Crippen LogP contribution in [0.4, 0.5) is 0 Å². The van der Waals surface area contributed by atoms with Crippen LogP contribution in [0.5, 0.6) is 5.75 Å². The molecule has 0 unspecified atom stereocenters. The van der Waals surface area contributed by atoms with Gasteiger partial charge in [0.2, 0.25) is 11.7 Å². The minimum absolute atomic E-state index is 0.0960. The Hall–Kier alpha value is -3.66. The molecule has 1 amide bonds. The summed E-state index contributed by atoms with van der Waals surface area (Å²) in [7, 11) is 1.59. The lowest BCUT2D eigenvalue weighted by atomic mass is 10.1. The van der Waals surface area contributed by atoms with Crippen molar-refractivity contribution in [2.45, 2.75) is 6.54 Å². The monoisotopic (exact) mass is 334 g/mol. The molecule has 2 aromatic carbocycles. The molecule has 0 spiro atoms. The fourth-order valence-corrected chi connectivity index (χ4v) is 2.17. The Labute approximate surface area is 143 Å². The maximum Gasteiger partial charge on any atom is 0.251 e. The summed E-state index contributed by atoms with van der Waals surface area (Å²) in [6, 6.07) is 15.7. The van der Waals surface area contributed by atoms with Crippen molar-refractivity contribution in [1.82, 2.24) is 15.5 Å². The molecule has 0 saturated heterocycles. The minimum atomic E-state index is -0.318. The van der Waals surface area contributed by atoms with Crippen molar-refractivity contribution in [2.75, 3.05) is 7.11 Å². The summed E-state index contributed by atoms with van der Waals surface area (Å²) in [5, 5.41) is 15.5. The van der Waals surface area contributed by atoms with Gasteiger partial charge in [-0.05, 0) is 42.5 Å². The van der Waals surface area contributed by atoms with Gasteiger partial charge in [0.05, 0.1) is 25.3 Å². The Morgan fingerprint density at radius 2 is 2.08 bits per heavy atom. The first-order chi connectivity index (χ1) is 12.2. The molecule has 0 atom stereocenters. The van der Waals surface area contributed by atoms with E-state index in [-0.39, 0.29) is 18.3 Å². The number of nitrogens with zero attached hydrogens (tertiary/aromatic N) is 3. The Balaban J connectivity index is 1.65. The number of carbonyl (C=O) groups excluding carboxylic acids is 1. The van der Waals surface area contributed by atoms with Gasteiger partial charge in [-0.15, -0.1) is 0 Å². The number of nitrogens with one attached hydrogen (secondary N) is 1. The third kappa shape index (κ3) is 3.82. The Bertz CT molecular complexity index is 926. The van der Waals surface area contributed by atoms with Crippen molar-refractivity contribution in [3.05, 3.63) is 65.5 Å². The molecular weight excluding hydrogens is 320 g/mol. The number of nitriles is 1. The summed E-state index contributed by atoms with van der Waals surface area (Å²) in [6.07, 6.45) is 0. The highest BCUT2D eigenvalue weighted by atomic mass is 16.5. The number of methoxy groups -OCH3 is 1. The molecule has 1 heterocycles. The summed E-state index contributed by atoms with van der Waals surface area (Å²) < 4.78 is 10.2. The first-order valence-electron chi connectivity index (χ1n) is 7.45. The first kappa shape index (κ1) is 16.2. The van der Waals surface area contributed by atoms with Gasteiger partial charge in [-0.1, -0.05) is 11.2 Å². The van der Waals surface area contributed by atoms with E-state index in [1.54, 1.807) is 37.4 Å². The van der Waals surface area contributed by atoms with Crippen LogP contribution in [0.15, 0.2) is 53.1 Å². The van der Waals surface area contributed by atoms with E-state index in [0.29, 0.717) is 17.0 Å². The van der Waals surface area contributed by atoms with Crippen molar-refractivity contribution in [3.8, 4) is 23.2 Å². The van der Waals surface area contributed by atoms with E-state index in [9.17, 15) is 4.79 Å². The van der Waals surface area contributed by atoms with Crippen LogP contribution >= 0.6 is 0 Å². The van der Waals surface area contributed by atoms with E-state index in [1.165, 1.54) is 6.07 Å². The molecule has 1 aromatic heterocycles. The Morgan fingerprint density at radius 3 is 2.80 bits per heavy atom. The standard InChI is InChI=1S/C18H14N4O3/c1-24-15-7-5-13(6-8-15)17-21-16(25-22-17)11-20-18(23)14-4-2-3-12(9-14)10-19/h2-9H,11H2,1H3,(H,20,23). The number of rotatable bonds is 5. The molecule has 0 fully saturated rings. The van der Waals surface area contributed by atoms with Gasteiger partial charge in [0.15, 0.2) is 0 Å². The molecule has 25 heavy (non-hydrogen) atoms. The van der Waals surface area contributed by atoms with Gasteiger partial charge >= 0.3 is 0 Å². The van der Waals surface area contributed by atoms with Gasteiger partial charge in [-0.2, -0.15) is 10.2 Å². The van der Waals surface area contributed by atoms with Crippen LogP contribution in [0, 0.1) is 11.3 Å². The molecule has 0 radical (unpaired) electrons. The van der Waals surface area contributed by atoms with Gasteiger partial charge < -0.3 is 14.6 Å². The molecular formula is C18H14N4O3. The zero-order valence-corrected chi connectivity index (χ0v) is 13.4. The molecule has 7 nitrogen and oxygen atoms in total. The van der Waals surface area contributed by atoms with Gasteiger partial charge in [-0.25, -0.2) is 0 Å². The van der Waals surface area contributed by atoms with Crippen LogP contribution in [0.25, 0.3) is 11.4 Å². The van der Waals surface area contributed by atoms with E-state index in [4.69, 9.17) is 14.5 Å². The predicted molar refractivity (Wildman–Crippen MR) is 88.6 cm³/mol.